The summed E-state index contributed by atoms with van der Waals surface area (Å²) < 4.78 is 5.19. The third kappa shape index (κ3) is 1.65. The number of benzene rings is 1. The lowest BCUT2D eigenvalue weighted by molar-refractivity contribution is 0.397. The molecule has 0 aliphatic rings. The number of ether oxygens (including phenoxy) is 1. The minimum atomic E-state index is 0.369. The predicted molar refractivity (Wildman–Crippen MR) is 60.2 cm³/mol. The summed E-state index contributed by atoms with van der Waals surface area (Å²) in [5.74, 6) is 0.961. The van der Waals surface area contributed by atoms with Crippen LogP contribution in [0.5, 0.6) is 5.88 Å². The van der Waals surface area contributed by atoms with E-state index in [1.807, 2.05) is 18.2 Å². The predicted octanol–water partition coefficient (Wildman–Crippen LogP) is 2.76. The molecule has 0 bridgehead atoms. The van der Waals surface area contributed by atoms with Crippen molar-refractivity contribution in [3.05, 3.63) is 30.0 Å². The minimum absolute atomic E-state index is 0.369. The number of nitrogens with zero attached hydrogens (tertiary/aromatic N) is 2. The Balaban J connectivity index is 2.77. The van der Waals surface area contributed by atoms with Gasteiger partial charge in [0.05, 0.1) is 12.8 Å². The van der Waals surface area contributed by atoms with Crippen molar-refractivity contribution in [2.24, 2.45) is 0 Å². The van der Waals surface area contributed by atoms with Gasteiger partial charge in [-0.05, 0) is 12.0 Å². The summed E-state index contributed by atoms with van der Waals surface area (Å²) in [4.78, 5) is 0. The molecule has 1 heterocycles. The van der Waals surface area contributed by atoms with Crippen LogP contribution in [0.1, 0.15) is 25.5 Å². The van der Waals surface area contributed by atoms with Crippen LogP contribution in [0.2, 0.25) is 0 Å². The number of fused-ring (bicyclic) bond motifs is 1. The van der Waals surface area contributed by atoms with Crippen LogP contribution >= 0.6 is 0 Å². The van der Waals surface area contributed by atoms with Crippen LogP contribution in [0.15, 0.2) is 24.3 Å². The van der Waals surface area contributed by atoms with Gasteiger partial charge in [-0.3, -0.25) is 0 Å². The van der Waals surface area contributed by atoms with Crippen molar-refractivity contribution in [1.82, 2.24) is 10.2 Å². The highest BCUT2D eigenvalue weighted by molar-refractivity contribution is 5.88. The van der Waals surface area contributed by atoms with E-state index in [0.29, 0.717) is 11.8 Å². The van der Waals surface area contributed by atoms with Gasteiger partial charge in [0, 0.05) is 10.8 Å². The summed E-state index contributed by atoms with van der Waals surface area (Å²) in [5, 5.41) is 10.4. The summed E-state index contributed by atoms with van der Waals surface area (Å²) in [6.45, 7) is 4.23. The van der Waals surface area contributed by atoms with Gasteiger partial charge in [0.2, 0.25) is 5.88 Å². The number of aromatic nitrogens is 2. The highest BCUT2D eigenvalue weighted by Gasteiger charge is 2.11. The zero-order valence-corrected chi connectivity index (χ0v) is 9.19. The quantitative estimate of drug-likeness (QED) is 0.751. The lowest BCUT2D eigenvalue weighted by atomic mass is 10.0. The van der Waals surface area contributed by atoms with Gasteiger partial charge in [-0.2, -0.15) is 5.10 Å². The standard InChI is InChI=1S/C12H14N2O/c1-8(2)11-9-6-4-5-7-10(9)12(15-3)14-13-11/h4-8H,1-3H3. The first-order valence-electron chi connectivity index (χ1n) is 5.03. The maximum Gasteiger partial charge on any atom is 0.241 e. The molecular weight excluding hydrogens is 188 g/mol. The van der Waals surface area contributed by atoms with E-state index in [2.05, 4.69) is 30.1 Å². The Morgan fingerprint density at radius 1 is 1.07 bits per heavy atom. The molecule has 1 aromatic carbocycles. The van der Waals surface area contributed by atoms with Crippen molar-refractivity contribution in [3.8, 4) is 5.88 Å². The van der Waals surface area contributed by atoms with Gasteiger partial charge in [0.15, 0.2) is 0 Å². The molecule has 0 aliphatic carbocycles. The molecule has 3 nitrogen and oxygen atoms in total. The Labute approximate surface area is 89.1 Å². The Morgan fingerprint density at radius 2 is 1.73 bits per heavy atom. The highest BCUT2D eigenvalue weighted by atomic mass is 16.5. The van der Waals surface area contributed by atoms with Crippen molar-refractivity contribution >= 4 is 10.8 Å². The van der Waals surface area contributed by atoms with E-state index < -0.39 is 0 Å². The molecule has 0 amide bonds. The fraction of sp³-hybridized carbons (Fsp3) is 0.333. The summed E-state index contributed by atoms with van der Waals surface area (Å²) in [5.41, 5.74) is 1.02. The van der Waals surface area contributed by atoms with E-state index in [4.69, 9.17) is 4.74 Å². The topological polar surface area (TPSA) is 35.0 Å². The molecule has 3 heteroatoms. The van der Waals surface area contributed by atoms with Crippen molar-refractivity contribution in [3.63, 3.8) is 0 Å². The second-order valence-electron chi connectivity index (χ2n) is 3.79. The van der Waals surface area contributed by atoms with E-state index in [1.165, 1.54) is 0 Å². The zero-order chi connectivity index (χ0) is 10.8. The van der Waals surface area contributed by atoms with Crippen LogP contribution in [-0.4, -0.2) is 17.3 Å². The molecule has 0 unspecified atom stereocenters. The summed E-state index contributed by atoms with van der Waals surface area (Å²) in [6, 6.07) is 8.06. The molecule has 2 aromatic rings. The minimum Gasteiger partial charge on any atom is -0.479 e. The second kappa shape index (κ2) is 3.85. The Hall–Kier alpha value is -1.64. The van der Waals surface area contributed by atoms with Crippen molar-refractivity contribution in [2.75, 3.05) is 7.11 Å². The first-order valence-corrected chi connectivity index (χ1v) is 5.03. The maximum atomic E-state index is 5.19. The van der Waals surface area contributed by atoms with Crippen LogP contribution in [0.4, 0.5) is 0 Å². The fourth-order valence-electron chi connectivity index (χ4n) is 1.68. The Kier molecular flexibility index (Phi) is 2.54. The molecule has 2 rings (SSSR count). The van der Waals surface area contributed by atoms with Crippen molar-refractivity contribution in [2.45, 2.75) is 19.8 Å². The first kappa shape index (κ1) is 9.90. The molecule has 15 heavy (non-hydrogen) atoms. The average Bonchev–Trinajstić information content (AvgIpc) is 2.27. The van der Waals surface area contributed by atoms with E-state index in [9.17, 15) is 0 Å². The molecule has 0 N–H and O–H groups in total. The molecule has 0 radical (unpaired) electrons. The summed E-state index contributed by atoms with van der Waals surface area (Å²) in [6.07, 6.45) is 0. The Morgan fingerprint density at radius 3 is 2.33 bits per heavy atom. The maximum absolute atomic E-state index is 5.19. The average molecular weight is 202 g/mol. The SMILES string of the molecule is COc1nnc(C(C)C)c2ccccc12. The van der Waals surface area contributed by atoms with Gasteiger partial charge in [0.25, 0.3) is 0 Å². The van der Waals surface area contributed by atoms with Crippen LogP contribution < -0.4 is 4.74 Å². The van der Waals surface area contributed by atoms with Crippen LogP contribution in [0, 0.1) is 0 Å². The van der Waals surface area contributed by atoms with Crippen molar-refractivity contribution < 1.29 is 4.74 Å². The molecule has 1 aromatic heterocycles. The molecule has 78 valence electrons. The van der Waals surface area contributed by atoms with Crippen LogP contribution in [-0.2, 0) is 0 Å². The third-order valence-electron chi connectivity index (χ3n) is 2.42. The van der Waals surface area contributed by atoms with Crippen LogP contribution in [0.25, 0.3) is 10.8 Å². The fourth-order valence-corrected chi connectivity index (χ4v) is 1.68. The highest BCUT2D eigenvalue weighted by Crippen LogP contribution is 2.27. The molecule has 0 spiro atoms. The summed E-state index contributed by atoms with van der Waals surface area (Å²) >= 11 is 0. The van der Waals surface area contributed by atoms with E-state index in [-0.39, 0.29) is 0 Å². The van der Waals surface area contributed by atoms with Gasteiger partial charge >= 0.3 is 0 Å². The van der Waals surface area contributed by atoms with Crippen LogP contribution in [0.3, 0.4) is 0 Å². The lowest BCUT2D eigenvalue weighted by Crippen LogP contribution is -1.99. The number of rotatable bonds is 2. The van der Waals surface area contributed by atoms with Gasteiger partial charge < -0.3 is 4.74 Å². The second-order valence-corrected chi connectivity index (χ2v) is 3.79. The molecule has 0 aliphatic heterocycles. The van der Waals surface area contributed by atoms with Gasteiger partial charge in [-0.15, -0.1) is 5.10 Å². The normalized spacial score (nSPS) is 10.9. The van der Waals surface area contributed by atoms with Gasteiger partial charge in [0.1, 0.15) is 0 Å². The smallest absolute Gasteiger partial charge is 0.241 e. The molecule has 0 saturated heterocycles. The van der Waals surface area contributed by atoms with E-state index >= 15 is 0 Å². The number of methoxy groups -OCH3 is 1. The largest absolute Gasteiger partial charge is 0.479 e. The number of hydrogen-bond donors (Lipinski definition) is 0. The van der Waals surface area contributed by atoms with Crippen molar-refractivity contribution in [1.29, 1.82) is 0 Å². The van der Waals surface area contributed by atoms with Gasteiger partial charge in [-0.25, -0.2) is 0 Å². The molecular formula is C12H14N2O. The molecule has 0 saturated carbocycles. The zero-order valence-electron chi connectivity index (χ0n) is 9.19. The lowest BCUT2D eigenvalue weighted by Gasteiger charge is -2.09. The monoisotopic (exact) mass is 202 g/mol. The molecule has 0 atom stereocenters. The van der Waals surface area contributed by atoms with Gasteiger partial charge in [-0.1, -0.05) is 32.0 Å². The first-order chi connectivity index (χ1) is 7.24. The van der Waals surface area contributed by atoms with E-state index in [0.717, 1.165) is 16.5 Å². The molecule has 0 fully saturated rings. The third-order valence-corrected chi connectivity index (χ3v) is 2.42. The number of hydrogen-bond acceptors (Lipinski definition) is 3. The summed E-state index contributed by atoms with van der Waals surface area (Å²) in [7, 11) is 1.62. The Bertz CT molecular complexity index is 480. The van der Waals surface area contributed by atoms with E-state index in [1.54, 1.807) is 7.11 Å².